The number of unbranched alkanes of at least 4 members (excludes halogenated alkanes) is 7. The first-order valence-corrected chi connectivity index (χ1v) is 12.0. The number of aromatic carboxylic acids is 1. The van der Waals surface area contributed by atoms with Gasteiger partial charge in [-0.15, -0.1) is 0 Å². The highest BCUT2D eigenvalue weighted by Crippen LogP contribution is 2.23. The molecule has 1 aliphatic rings. The lowest BCUT2D eigenvalue weighted by atomic mass is 10.1. The van der Waals surface area contributed by atoms with Crippen LogP contribution in [-0.4, -0.2) is 40.2 Å². The SMILES string of the molecule is O=C(CCCCCCCCCCN1C(=O)c2ccccc2C1=O)NCc1cccc(C(=O)O)c1. The fourth-order valence-electron chi connectivity index (χ4n) is 4.16. The number of hydrogen-bond acceptors (Lipinski definition) is 4. The fourth-order valence-corrected chi connectivity index (χ4v) is 4.16. The van der Waals surface area contributed by atoms with Gasteiger partial charge in [-0.2, -0.15) is 0 Å². The Labute approximate surface area is 200 Å². The number of imide groups is 1. The van der Waals surface area contributed by atoms with Crippen LogP contribution in [0.15, 0.2) is 48.5 Å². The van der Waals surface area contributed by atoms with E-state index in [1.54, 1.807) is 42.5 Å². The van der Waals surface area contributed by atoms with Crippen LogP contribution in [0, 0.1) is 0 Å². The van der Waals surface area contributed by atoms with E-state index < -0.39 is 5.97 Å². The molecule has 1 heterocycles. The number of nitrogens with zero attached hydrogens (tertiary/aromatic N) is 1. The van der Waals surface area contributed by atoms with Gasteiger partial charge in [0.15, 0.2) is 0 Å². The van der Waals surface area contributed by atoms with E-state index >= 15 is 0 Å². The number of hydrogen-bond donors (Lipinski definition) is 2. The van der Waals surface area contributed by atoms with Gasteiger partial charge in [-0.05, 0) is 42.7 Å². The van der Waals surface area contributed by atoms with Crippen LogP contribution in [0.3, 0.4) is 0 Å². The Morgan fingerprint density at radius 3 is 1.97 bits per heavy atom. The summed E-state index contributed by atoms with van der Waals surface area (Å²) in [6, 6.07) is 13.6. The number of rotatable bonds is 14. The van der Waals surface area contributed by atoms with Gasteiger partial charge >= 0.3 is 5.97 Å². The number of nitrogens with one attached hydrogen (secondary N) is 1. The maximum Gasteiger partial charge on any atom is 0.335 e. The smallest absolute Gasteiger partial charge is 0.335 e. The van der Waals surface area contributed by atoms with E-state index in [4.69, 9.17) is 5.11 Å². The molecule has 34 heavy (non-hydrogen) atoms. The maximum absolute atomic E-state index is 12.3. The highest BCUT2D eigenvalue weighted by molar-refractivity contribution is 6.21. The lowest BCUT2D eigenvalue weighted by molar-refractivity contribution is -0.121. The minimum absolute atomic E-state index is 0.0196. The standard InChI is InChI=1S/C27H32N2O5/c30-24(28-19-20-12-11-13-21(18-20)27(33)34)16-7-5-3-1-2-4-6-10-17-29-25(31)22-14-8-9-15-23(22)26(29)32/h8-9,11-15,18H,1-7,10,16-17,19H2,(H,28,30)(H,33,34). The molecule has 0 fully saturated rings. The van der Waals surface area contributed by atoms with Crippen LogP contribution in [0.25, 0.3) is 0 Å². The van der Waals surface area contributed by atoms with Crippen molar-refractivity contribution >= 4 is 23.7 Å². The fraction of sp³-hybridized carbons (Fsp3) is 0.407. The van der Waals surface area contributed by atoms with Crippen molar-refractivity contribution in [3.05, 3.63) is 70.8 Å². The van der Waals surface area contributed by atoms with Gasteiger partial charge in [0, 0.05) is 19.5 Å². The summed E-state index contributed by atoms with van der Waals surface area (Å²) in [4.78, 5) is 49.0. The molecular formula is C27H32N2O5. The van der Waals surface area contributed by atoms with Crippen molar-refractivity contribution in [3.63, 3.8) is 0 Å². The van der Waals surface area contributed by atoms with Crippen molar-refractivity contribution < 1.29 is 24.3 Å². The number of benzene rings is 2. The Kier molecular flexibility index (Phi) is 9.38. The van der Waals surface area contributed by atoms with Gasteiger partial charge in [-0.1, -0.05) is 62.8 Å². The second-order valence-corrected chi connectivity index (χ2v) is 8.67. The summed E-state index contributed by atoms with van der Waals surface area (Å²) >= 11 is 0. The molecule has 0 radical (unpaired) electrons. The van der Waals surface area contributed by atoms with Gasteiger partial charge in [-0.3, -0.25) is 19.3 Å². The first-order valence-electron chi connectivity index (χ1n) is 12.0. The lowest BCUT2D eigenvalue weighted by Crippen LogP contribution is -2.30. The minimum Gasteiger partial charge on any atom is -0.478 e. The van der Waals surface area contributed by atoms with Crippen molar-refractivity contribution in [2.45, 2.75) is 64.3 Å². The van der Waals surface area contributed by atoms with Crippen LogP contribution in [0.1, 0.15) is 94.4 Å². The van der Waals surface area contributed by atoms with E-state index in [9.17, 15) is 19.2 Å². The third-order valence-corrected chi connectivity index (χ3v) is 6.08. The van der Waals surface area contributed by atoms with E-state index in [0.29, 0.717) is 30.6 Å². The largest absolute Gasteiger partial charge is 0.478 e. The molecule has 7 heteroatoms. The van der Waals surface area contributed by atoms with E-state index in [-0.39, 0.29) is 23.3 Å². The van der Waals surface area contributed by atoms with E-state index in [2.05, 4.69) is 5.32 Å². The van der Waals surface area contributed by atoms with Gasteiger partial charge in [0.25, 0.3) is 11.8 Å². The van der Waals surface area contributed by atoms with Crippen LogP contribution in [0.2, 0.25) is 0 Å². The van der Waals surface area contributed by atoms with Crippen LogP contribution >= 0.6 is 0 Å². The monoisotopic (exact) mass is 464 g/mol. The summed E-state index contributed by atoms with van der Waals surface area (Å²) in [7, 11) is 0. The Bertz CT molecular complexity index is 998. The lowest BCUT2D eigenvalue weighted by Gasteiger charge is -2.13. The number of carbonyl (C=O) groups is 4. The highest BCUT2D eigenvalue weighted by atomic mass is 16.4. The number of carboxylic acids is 1. The molecule has 0 aliphatic carbocycles. The molecule has 1 aliphatic heterocycles. The number of fused-ring (bicyclic) bond motifs is 1. The summed E-state index contributed by atoms with van der Waals surface area (Å²) < 4.78 is 0. The third-order valence-electron chi connectivity index (χ3n) is 6.08. The summed E-state index contributed by atoms with van der Waals surface area (Å²) in [5.41, 5.74) is 2.01. The Morgan fingerprint density at radius 2 is 1.35 bits per heavy atom. The summed E-state index contributed by atoms with van der Waals surface area (Å²) in [6.45, 7) is 0.808. The van der Waals surface area contributed by atoms with E-state index in [1.807, 2.05) is 0 Å². The van der Waals surface area contributed by atoms with Crippen LogP contribution in [0.4, 0.5) is 0 Å². The molecule has 7 nitrogen and oxygen atoms in total. The average Bonchev–Trinajstić information content (AvgIpc) is 3.09. The minimum atomic E-state index is -0.976. The molecule has 0 atom stereocenters. The van der Waals surface area contributed by atoms with Gasteiger partial charge in [-0.25, -0.2) is 4.79 Å². The molecular weight excluding hydrogens is 432 g/mol. The predicted octanol–water partition coefficient (Wildman–Crippen LogP) is 4.81. The molecule has 0 saturated carbocycles. The van der Waals surface area contributed by atoms with E-state index in [0.717, 1.165) is 56.9 Å². The summed E-state index contributed by atoms with van der Waals surface area (Å²) in [5.74, 6) is -1.36. The zero-order valence-electron chi connectivity index (χ0n) is 19.4. The molecule has 0 unspecified atom stereocenters. The molecule has 2 N–H and O–H groups in total. The third kappa shape index (κ3) is 7.01. The van der Waals surface area contributed by atoms with E-state index in [1.165, 1.54) is 11.0 Å². The number of carbonyl (C=O) groups excluding carboxylic acids is 3. The zero-order valence-corrected chi connectivity index (χ0v) is 19.4. The van der Waals surface area contributed by atoms with Crippen molar-refractivity contribution in [1.82, 2.24) is 10.2 Å². The molecule has 2 aromatic rings. The summed E-state index contributed by atoms with van der Waals surface area (Å²) in [6.07, 6.45) is 8.47. The van der Waals surface area contributed by atoms with Crippen LogP contribution in [-0.2, 0) is 11.3 Å². The predicted molar refractivity (Wildman–Crippen MR) is 129 cm³/mol. The number of amides is 3. The van der Waals surface area contributed by atoms with Crippen molar-refractivity contribution in [1.29, 1.82) is 0 Å². The molecule has 3 amide bonds. The van der Waals surface area contributed by atoms with Gasteiger partial charge < -0.3 is 10.4 Å². The van der Waals surface area contributed by atoms with Crippen LogP contribution < -0.4 is 5.32 Å². The highest BCUT2D eigenvalue weighted by Gasteiger charge is 2.34. The Balaban J connectivity index is 1.18. The molecule has 0 spiro atoms. The van der Waals surface area contributed by atoms with Gasteiger partial charge in [0.1, 0.15) is 0 Å². The van der Waals surface area contributed by atoms with Crippen LogP contribution in [0.5, 0.6) is 0 Å². The van der Waals surface area contributed by atoms with Gasteiger partial charge in [0.2, 0.25) is 5.91 Å². The maximum atomic E-state index is 12.3. The second kappa shape index (κ2) is 12.7. The molecule has 0 saturated heterocycles. The summed E-state index contributed by atoms with van der Waals surface area (Å²) in [5, 5.41) is 11.9. The zero-order chi connectivity index (χ0) is 24.3. The topological polar surface area (TPSA) is 104 Å². The first-order chi connectivity index (χ1) is 16.5. The van der Waals surface area contributed by atoms with Crippen molar-refractivity contribution in [2.75, 3.05) is 6.54 Å². The molecule has 0 bridgehead atoms. The second-order valence-electron chi connectivity index (χ2n) is 8.67. The quantitative estimate of drug-likeness (QED) is 0.308. The van der Waals surface area contributed by atoms with Crippen molar-refractivity contribution in [3.8, 4) is 0 Å². The Morgan fingerprint density at radius 1 is 0.765 bits per heavy atom. The molecule has 180 valence electrons. The van der Waals surface area contributed by atoms with Crippen molar-refractivity contribution in [2.24, 2.45) is 0 Å². The normalized spacial score (nSPS) is 12.6. The number of carboxylic acid groups (broad SMARTS) is 1. The molecule has 2 aromatic carbocycles. The molecule has 3 rings (SSSR count). The Hall–Kier alpha value is -3.48. The van der Waals surface area contributed by atoms with Gasteiger partial charge in [0.05, 0.1) is 16.7 Å². The first kappa shape index (κ1) is 25.1. The average molecular weight is 465 g/mol. The molecule has 0 aromatic heterocycles.